The standard InChI is InChI=1S/C26H28N2O4S/c1-17-6-4-7-19(14-17)26(30)27-11-9-24(29)28-12-10-18-15-21(31-2)22(32-3)16-20(18)25(28)23-8-5-13-33-23/h4-8,13-16,25H,9-12H2,1-3H3,(H,27,30). The van der Waals surface area contributed by atoms with E-state index < -0.39 is 0 Å². The molecular formula is C26H28N2O4S. The lowest BCUT2D eigenvalue weighted by Gasteiger charge is -2.37. The molecule has 0 saturated heterocycles. The van der Waals surface area contributed by atoms with Gasteiger partial charge in [0, 0.05) is 30.0 Å². The average Bonchev–Trinajstić information content (AvgIpc) is 3.36. The Morgan fingerprint density at radius 3 is 2.58 bits per heavy atom. The Morgan fingerprint density at radius 1 is 1.09 bits per heavy atom. The summed E-state index contributed by atoms with van der Waals surface area (Å²) in [7, 11) is 3.25. The van der Waals surface area contributed by atoms with Gasteiger partial charge in [-0.1, -0.05) is 23.8 Å². The Hall–Kier alpha value is -3.32. The van der Waals surface area contributed by atoms with Crippen LogP contribution in [0.25, 0.3) is 0 Å². The fourth-order valence-electron chi connectivity index (χ4n) is 4.28. The number of hydrogen-bond acceptors (Lipinski definition) is 5. The van der Waals surface area contributed by atoms with Crippen LogP contribution in [0, 0.1) is 6.92 Å². The summed E-state index contributed by atoms with van der Waals surface area (Å²) in [6.45, 7) is 2.84. The van der Waals surface area contributed by atoms with Gasteiger partial charge < -0.3 is 19.7 Å². The van der Waals surface area contributed by atoms with Gasteiger partial charge in [-0.15, -0.1) is 11.3 Å². The smallest absolute Gasteiger partial charge is 0.251 e. The minimum atomic E-state index is -0.187. The number of nitrogens with zero attached hydrogens (tertiary/aromatic N) is 1. The first-order chi connectivity index (χ1) is 16.0. The predicted molar refractivity (Wildman–Crippen MR) is 129 cm³/mol. The number of benzene rings is 2. The summed E-state index contributed by atoms with van der Waals surface area (Å²) in [4.78, 5) is 28.7. The van der Waals surface area contributed by atoms with Gasteiger partial charge in [0.25, 0.3) is 5.91 Å². The van der Waals surface area contributed by atoms with Crippen molar-refractivity contribution in [3.63, 3.8) is 0 Å². The molecule has 1 aromatic heterocycles. The number of fused-ring (bicyclic) bond motifs is 1. The Balaban J connectivity index is 1.52. The van der Waals surface area contributed by atoms with Gasteiger partial charge >= 0.3 is 0 Å². The van der Waals surface area contributed by atoms with Crippen molar-refractivity contribution in [3.8, 4) is 11.5 Å². The molecule has 1 aliphatic heterocycles. The summed E-state index contributed by atoms with van der Waals surface area (Å²) in [5.74, 6) is 1.19. The van der Waals surface area contributed by atoms with Crippen molar-refractivity contribution < 1.29 is 19.1 Å². The minimum absolute atomic E-state index is 0.0124. The molecule has 172 valence electrons. The van der Waals surface area contributed by atoms with Crippen LogP contribution in [-0.4, -0.2) is 44.0 Å². The first-order valence-corrected chi connectivity index (χ1v) is 11.8. The van der Waals surface area contributed by atoms with E-state index in [0.29, 0.717) is 23.6 Å². The van der Waals surface area contributed by atoms with Gasteiger partial charge in [-0.25, -0.2) is 0 Å². The van der Waals surface area contributed by atoms with E-state index >= 15 is 0 Å². The van der Waals surface area contributed by atoms with E-state index in [2.05, 4.69) is 11.4 Å². The number of amides is 2. The van der Waals surface area contributed by atoms with Gasteiger partial charge in [0.2, 0.25) is 5.91 Å². The third kappa shape index (κ3) is 4.88. The molecule has 0 saturated carbocycles. The second kappa shape index (κ2) is 10.1. The van der Waals surface area contributed by atoms with Crippen LogP contribution in [0.3, 0.4) is 0 Å². The Labute approximate surface area is 198 Å². The number of aryl methyl sites for hydroxylation is 1. The number of rotatable bonds is 7. The molecule has 0 spiro atoms. The molecule has 0 radical (unpaired) electrons. The molecule has 6 nitrogen and oxygen atoms in total. The molecule has 1 unspecified atom stereocenters. The second-order valence-electron chi connectivity index (χ2n) is 8.04. The fraction of sp³-hybridized carbons (Fsp3) is 0.308. The summed E-state index contributed by atoms with van der Waals surface area (Å²) < 4.78 is 11.0. The zero-order chi connectivity index (χ0) is 23.4. The number of methoxy groups -OCH3 is 2. The van der Waals surface area contributed by atoms with Crippen LogP contribution in [0.15, 0.2) is 53.9 Å². The van der Waals surface area contributed by atoms with Crippen LogP contribution in [0.2, 0.25) is 0 Å². The third-order valence-corrected chi connectivity index (χ3v) is 6.84. The van der Waals surface area contributed by atoms with Gasteiger partial charge in [0.05, 0.1) is 20.3 Å². The van der Waals surface area contributed by atoms with Crippen molar-refractivity contribution >= 4 is 23.2 Å². The number of thiophene rings is 1. The van der Waals surface area contributed by atoms with Gasteiger partial charge in [0.15, 0.2) is 11.5 Å². The molecular weight excluding hydrogens is 436 g/mol. The number of ether oxygens (including phenoxy) is 2. The molecule has 1 aliphatic rings. The van der Waals surface area contributed by atoms with Gasteiger partial charge in [0.1, 0.15) is 0 Å². The van der Waals surface area contributed by atoms with E-state index in [0.717, 1.165) is 28.0 Å². The van der Waals surface area contributed by atoms with Crippen LogP contribution >= 0.6 is 11.3 Å². The third-order valence-electron chi connectivity index (χ3n) is 5.91. The Morgan fingerprint density at radius 2 is 1.88 bits per heavy atom. The zero-order valence-electron chi connectivity index (χ0n) is 19.1. The molecule has 0 aliphatic carbocycles. The molecule has 2 amide bonds. The second-order valence-corrected chi connectivity index (χ2v) is 9.02. The molecule has 1 N–H and O–H groups in total. The maximum Gasteiger partial charge on any atom is 0.251 e. The quantitative estimate of drug-likeness (QED) is 0.564. The highest BCUT2D eigenvalue weighted by Gasteiger charge is 2.33. The Bertz CT molecular complexity index is 1140. The van der Waals surface area contributed by atoms with E-state index in [1.165, 1.54) is 0 Å². The maximum atomic E-state index is 13.3. The molecule has 4 rings (SSSR count). The summed E-state index contributed by atoms with van der Waals surface area (Å²) in [6.07, 6.45) is 0.973. The summed E-state index contributed by atoms with van der Waals surface area (Å²) >= 11 is 1.63. The van der Waals surface area contributed by atoms with Gasteiger partial charge in [-0.3, -0.25) is 9.59 Å². The minimum Gasteiger partial charge on any atom is -0.493 e. The number of carbonyl (C=O) groups is 2. The van der Waals surface area contributed by atoms with Crippen LogP contribution in [0.4, 0.5) is 0 Å². The van der Waals surface area contributed by atoms with Crippen LogP contribution in [0.5, 0.6) is 11.5 Å². The maximum absolute atomic E-state index is 13.3. The van der Waals surface area contributed by atoms with Crippen LogP contribution in [-0.2, 0) is 11.2 Å². The SMILES string of the molecule is COc1cc2c(cc1OC)C(c1cccs1)N(C(=O)CCNC(=O)c1cccc(C)c1)CC2. The molecule has 0 bridgehead atoms. The Kier molecular flexibility index (Phi) is 6.99. The number of carbonyl (C=O) groups excluding carboxylic acids is 2. The van der Waals surface area contributed by atoms with E-state index in [4.69, 9.17) is 9.47 Å². The van der Waals surface area contributed by atoms with Gasteiger partial charge in [-0.2, -0.15) is 0 Å². The van der Waals surface area contributed by atoms with Gasteiger partial charge in [-0.05, 0) is 60.2 Å². The highest BCUT2D eigenvalue weighted by molar-refractivity contribution is 7.10. The summed E-state index contributed by atoms with van der Waals surface area (Å²) in [5, 5.41) is 4.90. The van der Waals surface area contributed by atoms with Crippen molar-refractivity contribution in [2.24, 2.45) is 0 Å². The molecule has 2 heterocycles. The molecule has 7 heteroatoms. The monoisotopic (exact) mass is 464 g/mol. The van der Waals surface area contributed by atoms with Crippen molar-refractivity contribution in [1.82, 2.24) is 10.2 Å². The largest absolute Gasteiger partial charge is 0.493 e. The average molecular weight is 465 g/mol. The molecule has 3 aromatic rings. The van der Waals surface area contributed by atoms with E-state index in [1.807, 2.05) is 53.6 Å². The first kappa shape index (κ1) is 22.9. The summed E-state index contributed by atoms with van der Waals surface area (Å²) in [5.41, 5.74) is 3.84. The van der Waals surface area contributed by atoms with Crippen LogP contribution in [0.1, 0.15) is 44.4 Å². The molecule has 2 aromatic carbocycles. The summed E-state index contributed by atoms with van der Waals surface area (Å²) in [6, 6.07) is 15.3. The number of nitrogens with one attached hydrogen (secondary N) is 1. The normalized spacial score (nSPS) is 15.0. The highest BCUT2D eigenvalue weighted by atomic mass is 32.1. The molecule has 1 atom stereocenters. The van der Waals surface area contributed by atoms with Crippen molar-refractivity contribution in [3.05, 3.63) is 81.0 Å². The number of hydrogen-bond donors (Lipinski definition) is 1. The lowest BCUT2D eigenvalue weighted by molar-refractivity contribution is -0.133. The topological polar surface area (TPSA) is 67.9 Å². The fourth-order valence-corrected chi connectivity index (χ4v) is 5.14. The molecule has 0 fully saturated rings. The predicted octanol–water partition coefficient (Wildman–Crippen LogP) is 4.37. The lowest BCUT2D eigenvalue weighted by Crippen LogP contribution is -2.41. The van der Waals surface area contributed by atoms with E-state index in [-0.39, 0.29) is 30.8 Å². The first-order valence-electron chi connectivity index (χ1n) is 10.9. The van der Waals surface area contributed by atoms with Crippen molar-refractivity contribution in [1.29, 1.82) is 0 Å². The van der Waals surface area contributed by atoms with E-state index in [1.54, 1.807) is 31.6 Å². The van der Waals surface area contributed by atoms with E-state index in [9.17, 15) is 9.59 Å². The van der Waals surface area contributed by atoms with Crippen molar-refractivity contribution in [2.75, 3.05) is 27.3 Å². The van der Waals surface area contributed by atoms with Crippen molar-refractivity contribution in [2.45, 2.75) is 25.8 Å². The molecule has 33 heavy (non-hydrogen) atoms. The zero-order valence-corrected chi connectivity index (χ0v) is 19.9. The highest BCUT2D eigenvalue weighted by Crippen LogP contribution is 2.42. The van der Waals surface area contributed by atoms with Crippen LogP contribution < -0.4 is 14.8 Å². The lowest BCUT2D eigenvalue weighted by atomic mass is 9.90.